The van der Waals surface area contributed by atoms with Crippen LogP contribution in [-0.2, 0) is 4.79 Å². The normalized spacial score (nSPS) is 11.1. The van der Waals surface area contributed by atoms with Crippen LogP contribution in [0.15, 0.2) is 53.4 Å². The van der Waals surface area contributed by atoms with Crippen molar-refractivity contribution in [3.63, 3.8) is 0 Å². The maximum Gasteiger partial charge on any atom is 0.251 e. The molecule has 138 valence electrons. The molecular weight excluding hydrogens is 368 g/mol. The van der Waals surface area contributed by atoms with Gasteiger partial charge in [-0.1, -0.05) is 11.6 Å². The van der Waals surface area contributed by atoms with Gasteiger partial charge in [0.1, 0.15) is 0 Å². The van der Waals surface area contributed by atoms with E-state index in [0.717, 1.165) is 4.90 Å². The number of carbonyl (C=O) groups excluding carboxylic acids is 2. The molecule has 26 heavy (non-hydrogen) atoms. The van der Waals surface area contributed by atoms with E-state index in [1.54, 1.807) is 36.0 Å². The smallest absolute Gasteiger partial charge is 0.251 e. The lowest BCUT2D eigenvalue weighted by Crippen LogP contribution is -2.40. The fourth-order valence-electron chi connectivity index (χ4n) is 2.13. The SMILES string of the molecule is CC(C)(C)NC(=O)c1ccc(NC(=O)CCSc2ccc(Cl)cc2)cc1. The maximum atomic E-state index is 12.1. The Morgan fingerprint density at radius 3 is 2.19 bits per heavy atom. The summed E-state index contributed by atoms with van der Waals surface area (Å²) >= 11 is 7.46. The molecule has 0 unspecified atom stereocenters. The summed E-state index contributed by atoms with van der Waals surface area (Å²) in [4.78, 5) is 25.2. The van der Waals surface area contributed by atoms with Crippen LogP contribution in [0.1, 0.15) is 37.6 Å². The number of nitrogens with one attached hydrogen (secondary N) is 2. The number of anilines is 1. The molecule has 6 heteroatoms. The van der Waals surface area contributed by atoms with Crippen LogP contribution >= 0.6 is 23.4 Å². The summed E-state index contributed by atoms with van der Waals surface area (Å²) < 4.78 is 0. The molecule has 2 amide bonds. The lowest BCUT2D eigenvalue weighted by Gasteiger charge is -2.20. The van der Waals surface area contributed by atoms with Crippen molar-refractivity contribution in [3.05, 3.63) is 59.1 Å². The van der Waals surface area contributed by atoms with Crippen molar-refractivity contribution in [3.8, 4) is 0 Å². The van der Waals surface area contributed by atoms with Gasteiger partial charge >= 0.3 is 0 Å². The number of carbonyl (C=O) groups is 2. The van der Waals surface area contributed by atoms with Gasteiger partial charge in [-0.3, -0.25) is 9.59 Å². The van der Waals surface area contributed by atoms with Crippen molar-refractivity contribution in [2.75, 3.05) is 11.1 Å². The predicted molar refractivity (Wildman–Crippen MR) is 109 cm³/mol. The Morgan fingerprint density at radius 1 is 1.00 bits per heavy atom. The summed E-state index contributed by atoms with van der Waals surface area (Å²) in [5.41, 5.74) is 0.959. The van der Waals surface area contributed by atoms with E-state index < -0.39 is 0 Å². The van der Waals surface area contributed by atoms with Crippen molar-refractivity contribution in [1.82, 2.24) is 5.32 Å². The number of halogens is 1. The van der Waals surface area contributed by atoms with E-state index in [0.29, 0.717) is 28.4 Å². The molecule has 0 fully saturated rings. The highest BCUT2D eigenvalue weighted by molar-refractivity contribution is 7.99. The van der Waals surface area contributed by atoms with Crippen molar-refractivity contribution >= 4 is 40.9 Å². The Labute approximate surface area is 163 Å². The minimum absolute atomic E-state index is 0.0571. The lowest BCUT2D eigenvalue weighted by atomic mass is 10.1. The molecule has 0 saturated heterocycles. The van der Waals surface area contributed by atoms with Crippen LogP contribution in [-0.4, -0.2) is 23.1 Å². The molecule has 2 rings (SSSR count). The molecule has 0 aliphatic heterocycles. The first-order valence-corrected chi connectivity index (χ1v) is 9.70. The third kappa shape index (κ3) is 7.10. The van der Waals surface area contributed by atoms with Crippen molar-refractivity contribution < 1.29 is 9.59 Å². The van der Waals surface area contributed by atoms with E-state index in [1.807, 2.05) is 45.0 Å². The van der Waals surface area contributed by atoms with Crippen LogP contribution in [0, 0.1) is 0 Å². The largest absolute Gasteiger partial charge is 0.347 e. The van der Waals surface area contributed by atoms with Crippen LogP contribution in [0.5, 0.6) is 0 Å². The standard InChI is InChI=1S/C20H23ClN2O2S/c1-20(2,3)23-19(25)14-4-8-16(9-5-14)22-18(24)12-13-26-17-10-6-15(21)7-11-17/h4-11H,12-13H2,1-3H3,(H,22,24)(H,23,25). The Hall–Kier alpha value is -1.98. The number of hydrogen-bond acceptors (Lipinski definition) is 3. The maximum absolute atomic E-state index is 12.1. The topological polar surface area (TPSA) is 58.2 Å². The second kappa shape index (κ2) is 9.10. The monoisotopic (exact) mass is 390 g/mol. The molecule has 0 radical (unpaired) electrons. The molecule has 2 aromatic carbocycles. The summed E-state index contributed by atoms with van der Waals surface area (Å²) in [5.74, 6) is 0.493. The molecule has 0 aliphatic carbocycles. The van der Waals surface area contributed by atoms with Gasteiger partial charge in [0.05, 0.1) is 0 Å². The zero-order chi connectivity index (χ0) is 19.2. The summed E-state index contributed by atoms with van der Waals surface area (Å²) in [6.45, 7) is 5.80. The van der Waals surface area contributed by atoms with Gasteiger partial charge in [-0.2, -0.15) is 0 Å². The van der Waals surface area contributed by atoms with Crippen LogP contribution in [0.4, 0.5) is 5.69 Å². The first-order valence-electron chi connectivity index (χ1n) is 8.34. The quantitative estimate of drug-likeness (QED) is 0.683. The number of amides is 2. The van der Waals surface area contributed by atoms with Gasteiger partial charge in [0.25, 0.3) is 5.91 Å². The summed E-state index contributed by atoms with van der Waals surface area (Å²) in [6.07, 6.45) is 0.402. The highest BCUT2D eigenvalue weighted by Crippen LogP contribution is 2.21. The second-order valence-electron chi connectivity index (χ2n) is 6.88. The van der Waals surface area contributed by atoms with Crippen LogP contribution in [0.3, 0.4) is 0 Å². The van der Waals surface area contributed by atoms with E-state index in [2.05, 4.69) is 10.6 Å². The number of rotatable bonds is 6. The van der Waals surface area contributed by atoms with Crippen LogP contribution in [0.2, 0.25) is 5.02 Å². The van der Waals surface area contributed by atoms with E-state index in [4.69, 9.17) is 11.6 Å². The molecule has 0 spiro atoms. The Kier molecular flexibility index (Phi) is 7.12. The van der Waals surface area contributed by atoms with E-state index in [1.165, 1.54) is 0 Å². The molecule has 2 aromatic rings. The van der Waals surface area contributed by atoms with Crippen molar-refractivity contribution in [2.24, 2.45) is 0 Å². The van der Waals surface area contributed by atoms with E-state index in [9.17, 15) is 9.59 Å². The van der Waals surface area contributed by atoms with Crippen LogP contribution < -0.4 is 10.6 Å². The van der Waals surface area contributed by atoms with Crippen molar-refractivity contribution in [1.29, 1.82) is 0 Å². The van der Waals surface area contributed by atoms with Gasteiger partial charge in [0.2, 0.25) is 5.91 Å². The highest BCUT2D eigenvalue weighted by Gasteiger charge is 2.15. The Balaban J connectivity index is 1.79. The van der Waals surface area contributed by atoms with E-state index in [-0.39, 0.29) is 17.4 Å². The van der Waals surface area contributed by atoms with Gasteiger partial charge in [-0.05, 0) is 69.3 Å². The molecular formula is C20H23ClN2O2S. The lowest BCUT2D eigenvalue weighted by molar-refractivity contribution is -0.115. The fourth-order valence-corrected chi connectivity index (χ4v) is 3.11. The third-order valence-corrected chi connectivity index (χ3v) is 4.60. The summed E-state index contributed by atoms with van der Waals surface area (Å²) in [5, 5.41) is 6.45. The third-order valence-electron chi connectivity index (χ3n) is 3.33. The molecule has 0 atom stereocenters. The number of benzene rings is 2. The number of thioether (sulfide) groups is 1. The van der Waals surface area contributed by atoms with Crippen molar-refractivity contribution in [2.45, 2.75) is 37.6 Å². The van der Waals surface area contributed by atoms with E-state index >= 15 is 0 Å². The van der Waals surface area contributed by atoms with Crippen LogP contribution in [0.25, 0.3) is 0 Å². The molecule has 0 aromatic heterocycles. The zero-order valence-corrected chi connectivity index (χ0v) is 16.7. The second-order valence-corrected chi connectivity index (χ2v) is 8.49. The fraction of sp³-hybridized carbons (Fsp3) is 0.300. The first-order chi connectivity index (χ1) is 12.2. The van der Waals surface area contributed by atoms with Gasteiger partial charge in [-0.25, -0.2) is 0 Å². The van der Waals surface area contributed by atoms with Gasteiger partial charge in [0, 0.05) is 38.9 Å². The molecule has 0 aliphatic rings. The summed E-state index contributed by atoms with van der Waals surface area (Å²) in [7, 11) is 0. The molecule has 0 saturated carbocycles. The minimum atomic E-state index is -0.286. The average Bonchev–Trinajstić information content (AvgIpc) is 2.56. The minimum Gasteiger partial charge on any atom is -0.347 e. The first kappa shape index (κ1) is 20.3. The predicted octanol–water partition coefficient (Wildman–Crippen LogP) is 4.99. The zero-order valence-electron chi connectivity index (χ0n) is 15.1. The molecule has 0 heterocycles. The van der Waals surface area contributed by atoms with Gasteiger partial charge < -0.3 is 10.6 Å². The average molecular weight is 391 g/mol. The summed E-state index contributed by atoms with van der Waals surface area (Å²) in [6, 6.07) is 14.4. The molecule has 2 N–H and O–H groups in total. The number of hydrogen-bond donors (Lipinski definition) is 2. The Bertz CT molecular complexity index is 753. The van der Waals surface area contributed by atoms with Gasteiger partial charge in [0.15, 0.2) is 0 Å². The highest BCUT2D eigenvalue weighted by atomic mass is 35.5. The molecule has 0 bridgehead atoms. The Morgan fingerprint density at radius 2 is 1.62 bits per heavy atom. The molecule has 4 nitrogen and oxygen atoms in total. The van der Waals surface area contributed by atoms with Gasteiger partial charge in [-0.15, -0.1) is 11.8 Å².